The third-order valence-corrected chi connectivity index (χ3v) is 3.15. The molecule has 1 heterocycles. The van der Waals surface area contributed by atoms with Crippen molar-refractivity contribution in [3.05, 3.63) is 35.4 Å². The van der Waals surface area contributed by atoms with Gasteiger partial charge in [-0.3, -0.25) is 14.4 Å². The Morgan fingerprint density at radius 3 is 2.29 bits per heavy atom. The minimum absolute atomic E-state index is 0.140. The molecule has 1 aliphatic rings. The maximum absolute atomic E-state index is 12.3. The second-order valence-corrected chi connectivity index (χ2v) is 4.53. The summed E-state index contributed by atoms with van der Waals surface area (Å²) < 4.78 is 0. The lowest BCUT2D eigenvalue weighted by molar-refractivity contribution is -0.144. The van der Waals surface area contributed by atoms with Crippen LogP contribution in [0.2, 0.25) is 0 Å². The Kier molecular flexibility index (Phi) is 3.88. The topological polar surface area (TPSA) is 130 Å². The van der Waals surface area contributed by atoms with Gasteiger partial charge in [0.1, 0.15) is 12.6 Å². The first-order valence-electron chi connectivity index (χ1n) is 6.10. The molecule has 2 rings (SSSR count). The first-order valence-corrected chi connectivity index (χ1v) is 6.10. The van der Waals surface area contributed by atoms with Crippen LogP contribution in [0.1, 0.15) is 20.7 Å². The minimum atomic E-state index is -1.20. The van der Waals surface area contributed by atoms with Crippen LogP contribution in [0.25, 0.3) is 0 Å². The lowest BCUT2D eigenvalue weighted by atomic mass is 10.1. The zero-order valence-electron chi connectivity index (χ0n) is 10.9. The predicted octanol–water partition coefficient (Wildman–Crippen LogP) is -1.19. The van der Waals surface area contributed by atoms with Crippen molar-refractivity contribution < 1.29 is 24.3 Å². The summed E-state index contributed by atoms with van der Waals surface area (Å²) in [6.45, 7) is -0.466. The molecule has 0 aliphatic carbocycles. The van der Waals surface area contributed by atoms with Gasteiger partial charge in [0.2, 0.25) is 11.8 Å². The Hall–Kier alpha value is -2.90. The normalized spacial score (nSPS) is 18.0. The summed E-state index contributed by atoms with van der Waals surface area (Å²) in [6.07, 6.45) is 0. The number of rotatable bonds is 3. The number of carboxylic acids is 1. The van der Waals surface area contributed by atoms with Gasteiger partial charge in [0.05, 0.1) is 0 Å². The van der Waals surface area contributed by atoms with Crippen molar-refractivity contribution >= 4 is 23.7 Å². The summed E-state index contributed by atoms with van der Waals surface area (Å²) in [7, 11) is 0. The minimum Gasteiger partial charge on any atom is -0.480 e. The van der Waals surface area contributed by atoms with Gasteiger partial charge in [-0.05, 0) is 24.3 Å². The van der Waals surface area contributed by atoms with E-state index in [1.807, 2.05) is 0 Å². The molecule has 0 saturated carbocycles. The lowest BCUT2D eigenvalue weighted by Gasteiger charge is -2.32. The SMILES string of the molecule is NC(=O)c1ccc(C(=O)N2CC(=O)NCC2C(=O)O)cc1. The molecule has 0 radical (unpaired) electrons. The average molecular weight is 291 g/mol. The van der Waals surface area contributed by atoms with E-state index in [1.54, 1.807) is 0 Å². The number of hydrogen-bond acceptors (Lipinski definition) is 4. The predicted molar refractivity (Wildman–Crippen MR) is 70.4 cm³/mol. The highest BCUT2D eigenvalue weighted by Gasteiger charge is 2.35. The van der Waals surface area contributed by atoms with Gasteiger partial charge in [-0.2, -0.15) is 0 Å². The molecule has 110 valence electrons. The Morgan fingerprint density at radius 2 is 1.76 bits per heavy atom. The van der Waals surface area contributed by atoms with Crippen molar-refractivity contribution in [3.8, 4) is 0 Å². The van der Waals surface area contributed by atoms with Crippen molar-refractivity contribution in [3.63, 3.8) is 0 Å². The molecule has 1 aromatic carbocycles. The third kappa shape index (κ3) is 2.99. The molecule has 1 atom stereocenters. The number of carbonyl (C=O) groups is 4. The fourth-order valence-corrected chi connectivity index (χ4v) is 2.02. The van der Waals surface area contributed by atoms with Crippen LogP contribution < -0.4 is 11.1 Å². The van der Waals surface area contributed by atoms with E-state index in [0.717, 1.165) is 4.90 Å². The monoisotopic (exact) mass is 291 g/mol. The first kappa shape index (κ1) is 14.5. The van der Waals surface area contributed by atoms with Crippen molar-refractivity contribution in [2.75, 3.05) is 13.1 Å². The van der Waals surface area contributed by atoms with E-state index in [1.165, 1.54) is 24.3 Å². The Bertz CT molecular complexity index is 611. The molecule has 1 fully saturated rings. The maximum atomic E-state index is 12.3. The van der Waals surface area contributed by atoms with Crippen molar-refractivity contribution in [1.82, 2.24) is 10.2 Å². The van der Waals surface area contributed by atoms with Gasteiger partial charge in [-0.1, -0.05) is 0 Å². The molecule has 3 amide bonds. The number of piperazine rings is 1. The van der Waals surface area contributed by atoms with E-state index in [9.17, 15) is 19.2 Å². The molecule has 8 heteroatoms. The zero-order chi connectivity index (χ0) is 15.6. The van der Waals surface area contributed by atoms with Crippen LogP contribution in [-0.4, -0.2) is 52.8 Å². The number of hydrogen-bond donors (Lipinski definition) is 3. The van der Waals surface area contributed by atoms with Crippen LogP contribution in [-0.2, 0) is 9.59 Å². The third-order valence-electron chi connectivity index (χ3n) is 3.15. The van der Waals surface area contributed by atoms with Crippen molar-refractivity contribution in [2.24, 2.45) is 5.73 Å². The van der Waals surface area contributed by atoms with Crippen LogP contribution >= 0.6 is 0 Å². The van der Waals surface area contributed by atoms with Gasteiger partial charge in [-0.25, -0.2) is 4.79 Å². The zero-order valence-corrected chi connectivity index (χ0v) is 10.9. The highest BCUT2D eigenvalue weighted by Crippen LogP contribution is 2.12. The Morgan fingerprint density at radius 1 is 1.19 bits per heavy atom. The van der Waals surface area contributed by atoms with E-state index < -0.39 is 29.7 Å². The number of carbonyl (C=O) groups excluding carboxylic acids is 3. The second kappa shape index (κ2) is 5.61. The number of benzene rings is 1. The van der Waals surface area contributed by atoms with E-state index >= 15 is 0 Å². The Balaban J connectivity index is 2.25. The van der Waals surface area contributed by atoms with Crippen LogP contribution in [0.4, 0.5) is 0 Å². The smallest absolute Gasteiger partial charge is 0.328 e. The summed E-state index contributed by atoms with van der Waals surface area (Å²) in [5.74, 6) is -2.84. The summed E-state index contributed by atoms with van der Waals surface area (Å²) in [5, 5.41) is 11.5. The van der Waals surface area contributed by atoms with E-state index in [4.69, 9.17) is 10.8 Å². The summed E-state index contributed by atoms with van der Waals surface area (Å²) >= 11 is 0. The highest BCUT2D eigenvalue weighted by molar-refractivity contribution is 6.01. The molecular formula is C13H13N3O5. The van der Waals surface area contributed by atoms with Gasteiger partial charge in [0.15, 0.2) is 0 Å². The number of carboxylic acid groups (broad SMARTS) is 1. The second-order valence-electron chi connectivity index (χ2n) is 4.53. The lowest BCUT2D eigenvalue weighted by Crippen LogP contribution is -2.59. The largest absolute Gasteiger partial charge is 0.480 e. The summed E-state index contributed by atoms with van der Waals surface area (Å²) in [4.78, 5) is 46.8. The van der Waals surface area contributed by atoms with Gasteiger partial charge in [-0.15, -0.1) is 0 Å². The van der Waals surface area contributed by atoms with Crippen LogP contribution in [0, 0.1) is 0 Å². The quantitative estimate of drug-likeness (QED) is 0.644. The van der Waals surface area contributed by atoms with Crippen molar-refractivity contribution in [1.29, 1.82) is 0 Å². The molecule has 1 saturated heterocycles. The van der Waals surface area contributed by atoms with E-state index in [0.29, 0.717) is 0 Å². The molecule has 0 spiro atoms. The number of nitrogens with zero attached hydrogens (tertiary/aromatic N) is 1. The number of nitrogens with two attached hydrogens (primary N) is 1. The van der Waals surface area contributed by atoms with Crippen LogP contribution in [0.5, 0.6) is 0 Å². The molecule has 0 bridgehead atoms. The van der Waals surface area contributed by atoms with Gasteiger partial charge < -0.3 is 21.1 Å². The molecule has 1 unspecified atom stereocenters. The fraction of sp³-hybridized carbons (Fsp3) is 0.231. The number of aliphatic carboxylic acids is 1. The molecule has 4 N–H and O–H groups in total. The van der Waals surface area contributed by atoms with E-state index in [2.05, 4.69) is 5.32 Å². The molecule has 1 aliphatic heterocycles. The fourth-order valence-electron chi connectivity index (χ4n) is 2.02. The number of amides is 3. The summed E-state index contributed by atoms with van der Waals surface area (Å²) in [6, 6.07) is 4.36. The van der Waals surface area contributed by atoms with E-state index in [-0.39, 0.29) is 24.2 Å². The standard InChI is InChI=1S/C13H13N3O5/c14-11(18)7-1-3-8(4-2-7)12(19)16-6-10(17)15-5-9(16)13(20)21/h1-4,9H,5-6H2,(H2,14,18)(H,15,17)(H,20,21). The van der Waals surface area contributed by atoms with Crippen molar-refractivity contribution in [2.45, 2.75) is 6.04 Å². The number of nitrogens with one attached hydrogen (secondary N) is 1. The summed E-state index contributed by atoms with van der Waals surface area (Å²) in [5.41, 5.74) is 5.51. The van der Waals surface area contributed by atoms with Gasteiger partial charge >= 0.3 is 5.97 Å². The molecule has 8 nitrogen and oxygen atoms in total. The maximum Gasteiger partial charge on any atom is 0.328 e. The van der Waals surface area contributed by atoms with Crippen LogP contribution in [0.15, 0.2) is 24.3 Å². The molecule has 21 heavy (non-hydrogen) atoms. The average Bonchev–Trinajstić information content (AvgIpc) is 2.46. The highest BCUT2D eigenvalue weighted by atomic mass is 16.4. The first-order chi connectivity index (χ1) is 9.90. The Labute approximate surface area is 119 Å². The molecule has 0 aromatic heterocycles. The number of primary amides is 1. The molecular weight excluding hydrogens is 278 g/mol. The van der Waals surface area contributed by atoms with Gasteiger partial charge in [0.25, 0.3) is 5.91 Å². The molecule has 1 aromatic rings. The van der Waals surface area contributed by atoms with Gasteiger partial charge in [0, 0.05) is 17.7 Å². The van der Waals surface area contributed by atoms with Crippen LogP contribution in [0.3, 0.4) is 0 Å².